The lowest BCUT2D eigenvalue weighted by Gasteiger charge is -2.18. The number of ether oxygens (including phenoxy) is 2. The van der Waals surface area contributed by atoms with E-state index in [4.69, 9.17) is 15.2 Å². The predicted molar refractivity (Wildman–Crippen MR) is 67.8 cm³/mol. The first-order chi connectivity index (χ1) is 8.29. The van der Waals surface area contributed by atoms with Crippen LogP contribution in [0.5, 0.6) is 11.5 Å². The molecule has 5 heteroatoms. The van der Waals surface area contributed by atoms with Crippen LogP contribution in [0.15, 0.2) is 23.1 Å². The van der Waals surface area contributed by atoms with Crippen molar-refractivity contribution in [3.8, 4) is 11.5 Å². The zero-order chi connectivity index (χ0) is 12.1. The second-order valence-electron chi connectivity index (χ2n) is 3.83. The number of aliphatic hydroxyl groups excluding tert-OH is 1. The Morgan fingerprint density at radius 2 is 2.06 bits per heavy atom. The summed E-state index contributed by atoms with van der Waals surface area (Å²) in [7, 11) is 0. The van der Waals surface area contributed by atoms with Crippen molar-refractivity contribution < 1.29 is 14.6 Å². The number of aliphatic hydroxyl groups is 1. The molecule has 0 fully saturated rings. The second-order valence-corrected chi connectivity index (χ2v) is 5.00. The molecule has 1 aromatic carbocycles. The average molecular weight is 255 g/mol. The third-order valence-corrected chi connectivity index (χ3v) is 3.53. The fourth-order valence-corrected chi connectivity index (χ4v) is 2.52. The minimum Gasteiger partial charge on any atom is -0.486 e. The zero-order valence-electron chi connectivity index (χ0n) is 9.59. The molecule has 2 rings (SSSR count). The van der Waals surface area contributed by atoms with E-state index >= 15 is 0 Å². The summed E-state index contributed by atoms with van der Waals surface area (Å²) >= 11 is 1.69. The lowest BCUT2D eigenvalue weighted by atomic mass is 10.3. The summed E-state index contributed by atoms with van der Waals surface area (Å²) in [5.41, 5.74) is 5.35. The summed E-state index contributed by atoms with van der Waals surface area (Å²) in [5.74, 6) is 2.46. The van der Waals surface area contributed by atoms with Crippen LogP contribution in [0.25, 0.3) is 0 Å². The van der Waals surface area contributed by atoms with Crippen LogP contribution in [0.1, 0.15) is 6.42 Å². The molecule has 0 bridgehead atoms. The van der Waals surface area contributed by atoms with Crippen LogP contribution in [0.3, 0.4) is 0 Å². The standard InChI is InChI=1S/C12H17NO3S/c13-8-9(14)3-6-17-10-1-2-11-12(7-10)16-5-4-15-11/h1-2,7,9,14H,3-6,8,13H2. The van der Waals surface area contributed by atoms with Crippen LogP contribution in [-0.4, -0.2) is 36.7 Å². The normalized spacial score (nSPS) is 15.6. The van der Waals surface area contributed by atoms with Crippen molar-refractivity contribution >= 4 is 11.8 Å². The minimum absolute atomic E-state index is 0.321. The van der Waals surface area contributed by atoms with Crippen LogP contribution in [0, 0.1) is 0 Å². The molecule has 0 spiro atoms. The molecule has 0 amide bonds. The monoisotopic (exact) mass is 255 g/mol. The first kappa shape index (κ1) is 12.5. The molecule has 0 saturated heterocycles. The predicted octanol–water partition coefficient (Wildman–Crippen LogP) is 1.26. The Hall–Kier alpha value is -0.910. The van der Waals surface area contributed by atoms with Gasteiger partial charge in [-0.25, -0.2) is 0 Å². The third-order valence-electron chi connectivity index (χ3n) is 2.51. The van der Waals surface area contributed by atoms with Crippen molar-refractivity contribution in [3.63, 3.8) is 0 Å². The number of rotatable bonds is 5. The summed E-state index contributed by atoms with van der Waals surface area (Å²) < 4.78 is 11.0. The molecule has 17 heavy (non-hydrogen) atoms. The Labute approximate surface area is 105 Å². The van der Waals surface area contributed by atoms with Gasteiger partial charge < -0.3 is 20.3 Å². The molecule has 1 aliphatic heterocycles. The second kappa shape index (κ2) is 6.14. The SMILES string of the molecule is NCC(O)CCSc1ccc2c(c1)OCCO2. The topological polar surface area (TPSA) is 64.7 Å². The average Bonchev–Trinajstić information content (AvgIpc) is 2.38. The molecule has 0 radical (unpaired) electrons. The van der Waals surface area contributed by atoms with Gasteiger partial charge in [0, 0.05) is 17.2 Å². The van der Waals surface area contributed by atoms with Gasteiger partial charge in [-0.1, -0.05) is 0 Å². The molecule has 1 heterocycles. The Morgan fingerprint density at radius 1 is 1.29 bits per heavy atom. The summed E-state index contributed by atoms with van der Waals surface area (Å²) in [4.78, 5) is 1.12. The van der Waals surface area contributed by atoms with E-state index in [1.807, 2.05) is 18.2 Å². The summed E-state index contributed by atoms with van der Waals surface area (Å²) in [6.45, 7) is 1.54. The third kappa shape index (κ3) is 3.52. The number of nitrogens with two attached hydrogens (primary N) is 1. The first-order valence-corrected chi connectivity index (χ1v) is 6.68. The molecular formula is C12H17NO3S. The highest BCUT2D eigenvalue weighted by atomic mass is 32.2. The first-order valence-electron chi connectivity index (χ1n) is 5.70. The molecule has 1 aliphatic rings. The maximum atomic E-state index is 9.34. The van der Waals surface area contributed by atoms with Crippen molar-refractivity contribution in [1.29, 1.82) is 0 Å². The number of thioether (sulfide) groups is 1. The number of hydrogen-bond donors (Lipinski definition) is 2. The molecule has 0 aliphatic carbocycles. The number of fused-ring (bicyclic) bond motifs is 1. The van der Waals surface area contributed by atoms with Crippen LogP contribution >= 0.6 is 11.8 Å². The molecule has 1 atom stereocenters. The van der Waals surface area contributed by atoms with E-state index in [0.29, 0.717) is 26.2 Å². The van der Waals surface area contributed by atoms with Crippen molar-refractivity contribution in [2.75, 3.05) is 25.5 Å². The minimum atomic E-state index is -0.403. The Kier molecular flexibility index (Phi) is 4.53. The molecule has 1 unspecified atom stereocenters. The van der Waals surface area contributed by atoms with E-state index in [2.05, 4.69) is 0 Å². The quantitative estimate of drug-likeness (QED) is 0.775. The van der Waals surface area contributed by atoms with Gasteiger partial charge in [0.05, 0.1) is 6.10 Å². The van der Waals surface area contributed by atoms with Gasteiger partial charge in [0.2, 0.25) is 0 Å². The number of hydrogen-bond acceptors (Lipinski definition) is 5. The van der Waals surface area contributed by atoms with Gasteiger partial charge in [0.25, 0.3) is 0 Å². The maximum absolute atomic E-state index is 9.34. The van der Waals surface area contributed by atoms with Gasteiger partial charge in [0.1, 0.15) is 13.2 Å². The van der Waals surface area contributed by atoms with Crippen molar-refractivity contribution in [2.24, 2.45) is 5.73 Å². The maximum Gasteiger partial charge on any atom is 0.162 e. The lowest BCUT2D eigenvalue weighted by Crippen LogP contribution is -2.20. The molecular weight excluding hydrogens is 238 g/mol. The molecule has 1 aromatic rings. The highest BCUT2D eigenvalue weighted by molar-refractivity contribution is 7.99. The summed E-state index contributed by atoms with van der Waals surface area (Å²) in [5, 5.41) is 9.34. The molecule has 4 nitrogen and oxygen atoms in total. The Bertz CT molecular complexity index is 373. The summed E-state index contributed by atoms with van der Waals surface area (Å²) in [6, 6.07) is 5.91. The highest BCUT2D eigenvalue weighted by Crippen LogP contribution is 2.34. The summed E-state index contributed by atoms with van der Waals surface area (Å²) in [6.07, 6.45) is 0.301. The van der Waals surface area contributed by atoms with E-state index in [0.717, 1.165) is 22.1 Å². The van der Waals surface area contributed by atoms with E-state index in [-0.39, 0.29) is 0 Å². The van der Waals surface area contributed by atoms with E-state index < -0.39 is 6.10 Å². The van der Waals surface area contributed by atoms with Gasteiger partial charge in [-0.15, -0.1) is 11.8 Å². The van der Waals surface area contributed by atoms with Crippen LogP contribution < -0.4 is 15.2 Å². The van der Waals surface area contributed by atoms with E-state index in [1.165, 1.54) is 0 Å². The van der Waals surface area contributed by atoms with E-state index in [9.17, 15) is 5.11 Å². The largest absolute Gasteiger partial charge is 0.486 e. The van der Waals surface area contributed by atoms with Crippen LogP contribution in [0.2, 0.25) is 0 Å². The molecule has 94 valence electrons. The fourth-order valence-electron chi connectivity index (χ4n) is 1.54. The number of benzene rings is 1. The highest BCUT2D eigenvalue weighted by Gasteiger charge is 2.11. The fraction of sp³-hybridized carbons (Fsp3) is 0.500. The van der Waals surface area contributed by atoms with Crippen LogP contribution in [-0.2, 0) is 0 Å². The smallest absolute Gasteiger partial charge is 0.162 e. The van der Waals surface area contributed by atoms with Crippen molar-refractivity contribution in [1.82, 2.24) is 0 Å². The Morgan fingerprint density at radius 3 is 2.82 bits per heavy atom. The van der Waals surface area contributed by atoms with Crippen molar-refractivity contribution in [2.45, 2.75) is 17.4 Å². The van der Waals surface area contributed by atoms with Crippen molar-refractivity contribution in [3.05, 3.63) is 18.2 Å². The van der Waals surface area contributed by atoms with Gasteiger partial charge in [0.15, 0.2) is 11.5 Å². The van der Waals surface area contributed by atoms with Gasteiger partial charge in [-0.3, -0.25) is 0 Å². The lowest BCUT2D eigenvalue weighted by molar-refractivity contribution is 0.171. The molecule has 0 saturated carbocycles. The van der Waals surface area contributed by atoms with Gasteiger partial charge >= 0.3 is 0 Å². The van der Waals surface area contributed by atoms with E-state index in [1.54, 1.807) is 11.8 Å². The Balaban J connectivity index is 1.89. The van der Waals surface area contributed by atoms with Gasteiger partial charge in [-0.05, 0) is 24.6 Å². The molecule has 3 N–H and O–H groups in total. The van der Waals surface area contributed by atoms with Gasteiger partial charge in [-0.2, -0.15) is 0 Å². The molecule has 0 aromatic heterocycles. The van der Waals surface area contributed by atoms with Crippen LogP contribution in [0.4, 0.5) is 0 Å². The zero-order valence-corrected chi connectivity index (χ0v) is 10.4.